The molecular weight excluding hydrogens is 805 g/mol. The molecule has 12 heteroatoms. The number of ether oxygens (including phenoxy) is 3. The molecule has 0 heterocycles. The van der Waals surface area contributed by atoms with Gasteiger partial charge >= 0.3 is 202 Å². The third-order valence-corrected chi connectivity index (χ3v) is 24.7. The Morgan fingerprint density at radius 2 is 1.04 bits per heavy atom. The van der Waals surface area contributed by atoms with Gasteiger partial charge in [-0.15, -0.1) is 0 Å². The van der Waals surface area contributed by atoms with Crippen molar-refractivity contribution in [1.29, 1.82) is 0 Å². The zero-order valence-electron chi connectivity index (χ0n) is 36.3. The Kier molecular flexibility index (Phi) is 22.0. The molecule has 3 N–H and O–H groups in total. The Bertz CT molecular complexity index is 1320. The molecule has 1 aromatic rings. The summed E-state index contributed by atoms with van der Waals surface area (Å²) in [5.41, 5.74) is -1.24. The van der Waals surface area contributed by atoms with Crippen LogP contribution in [-0.2, 0) is 39.8 Å². The normalized spacial score (nSPS) is 13.3. The number of carbonyl (C=O) groups is 5. The monoisotopic (exact) mass is 881 g/mol. The predicted molar refractivity (Wildman–Crippen MR) is 223 cm³/mol. The van der Waals surface area contributed by atoms with E-state index in [0.717, 1.165) is 0 Å². The van der Waals surface area contributed by atoms with E-state index in [1.165, 1.54) is 57.4 Å². The molecule has 1 rings (SSSR count). The van der Waals surface area contributed by atoms with Crippen LogP contribution in [0.5, 0.6) is 0 Å². The number of urea groups is 1. The van der Waals surface area contributed by atoms with Gasteiger partial charge in [-0.25, -0.2) is 14.4 Å². The molecule has 55 heavy (non-hydrogen) atoms. The minimum atomic E-state index is -2.51. The van der Waals surface area contributed by atoms with Crippen molar-refractivity contribution >= 4 is 51.8 Å². The van der Waals surface area contributed by atoms with Gasteiger partial charge in [0.25, 0.3) is 0 Å². The van der Waals surface area contributed by atoms with Crippen LogP contribution in [0.2, 0.25) is 13.3 Å². The van der Waals surface area contributed by atoms with Crippen LogP contribution in [0, 0.1) is 0 Å². The maximum atomic E-state index is 13.2. The number of carbonyl (C=O) groups excluding carboxylic acids is 5. The van der Waals surface area contributed by atoms with Crippen molar-refractivity contribution in [3.8, 4) is 0 Å². The van der Waals surface area contributed by atoms with E-state index in [0.29, 0.717) is 13.0 Å². The molecule has 314 valence electrons. The summed E-state index contributed by atoms with van der Waals surface area (Å²) in [6.45, 7) is 22.7. The molecule has 0 saturated carbocycles. The number of unbranched alkanes of at least 4 members (excludes halogenated alkanes) is 3. The summed E-state index contributed by atoms with van der Waals surface area (Å²) in [6.07, 6.45) is 8.03. The molecule has 0 aliphatic heterocycles. The van der Waals surface area contributed by atoms with E-state index in [1.54, 1.807) is 65.9 Å². The maximum absolute atomic E-state index is 13.2. The molecule has 0 unspecified atom stereocenters. The summed E-state index contributed by atoms with van der Waals surface area (Å²) in [6, 6.07) is 6.00. The number of rotatable bonds is 23. The standard InChI is InChI=1S/C31H48N3O8.3C4H9.Sn/c1-29(2,3)40-25(36)18-16-23(27(38)42-31(7,8)9)34-28(39)33-22(26(37)41-30(4,5)6)15-17-24(35)32-20-19-21-13-11-10-12-14-21;3*1-3-4-2;/h11-14,22-23H,15-20H2,1-9H3,(H,32,35)(H2,33,34,39);3*1,3-4H2,2H3;/t22-,23-;;;;/m0..../s1. The van der Waals surface area contributed by atoms with Gasteiger partial charge in [0.15, 0.2) is 0 Å². The topological polar surface area (TPSA) is 149 Å². The summed E-state index contributed by atoms with van der Waals surface area (Å²) < 4.78 is 22.3. The molecule has 1 aromatic carbocycles. The van der Waals surface area contributed by atoms with E-state index in [-0.39, 0.29) is 31.6 Å². The number of hydrogen-bond donors (Lipinski definition) is 3. The SMILES string of the molecule is CCC[CH2][Sn]([CH2]CCC)([CH2]CCC)[c]1ccc(CCNC(=O)CC[C@H](NC(=O)N[C@@H](CCC(=O)OC(C)(C)C)C(=O)OC(C)(C)C)C(=O)OC(C)(C)C)cc1. The Morgan fingerprint density at radius 3 is 1.44 bits per heavy atom. The molecule has 0 bridgehead atoms. The predicted octanol–water partition coefficient (Wildman–Crippen LogP) is 8.02. The average molecular weight is 881 g/mol. The Hall–Kier alpha value is -2.83. The van der Waals surface area contributed by atoms with Gasteiger partial charge in [0.1, 0.15) is 22.8 Å². The van der Waals surface area contributed by atoms with E-state index in [1.807, 2.05) is 0 Å². The molecule has 3 amide bonds. The van der Waals surface area contributed by atoms with Gasteiger partial charge < -0.3 is 19.5 Å². The van der Waals surface area contributed by atoms with Crippen molar-refractivity contribution in [2.24, 2.45) is 0 Å². The number of esters is 3. The van der Waals surface area contributed by atoms with Gasteiger partial charge in [-0.3, -0.25) is 4.79 Å². The first-order valence-corrected chi connectivity index (χ1v) is 28.1. The third-order valence-electron chi connectivity index (χ3n) is 9.04. The second kappa shape index (κ2) is 24.1. The second-order valence-corrected chi connectivity index (χ2v) is 31.1. The quantitative estimate of drug-likeness (QED) is 0.0569. The molecule has 0 aliphatic rings. The van der Waals surface area contributed by atoms with Gasteiger partial charge in [0.05, 0.1) is 0 Å². The van der Waals surface area contributed by atoms with Crippen molar-refractivity contribution in [1.82, 2.24) is 16.0 Å². The van der Waals surface area contributed by atoms with E-state index in [2.05, 4.69) is 61.0 Å². The summed E-state index contributed by atoms with van der Waals surface area (Å²) in [5, 5.41) is 8.09. The summed E-state index contributed by atoms with van der Waals surface area (Å²) in [5.74, 6) is -2.24. The molecule has 0 aromatic heterocycles. The van der Waals surface area contributed by atoms with Crippen molar-refractivity contribution in [3.05, 3.63) is 29.8 Å². The molecule has 0 radical (unpaired) electrons. The summed E-state index contributed by atoms with van der Waals surface area (Å²) in [7, 11) is 0. The van der Waals surface area contributed by atoms with Crippen molar-refractivity contribution in [3.63, 3.8) is 0 Å². The zero-order valence-corrected chi connectivity index (χ0v) is 39.2. The van der Waals surface area contributed by atoms with Crippen molar-refractivity contribution in [2.45, 2.75) is 196 Å². The molecule has 11 nitrogen and oxygen atoms in total. The molecule has 0 spiro atoms. The second-order valence-electron chi connectivity index (χ2n) is 17.8. The first kappa shape index (κ1) is 50.2. The molecule has 0 saturated heterocycles. The van der Waals surface area contributed by atoms with Crippen LogP contribution in [0.4, 0.5) is 4.79 Å². The third kappa shape index (κ3) is 21.9. The number of nitrogens with one attached hydrogen (secondary N) is 3. The number of amides is 3. The van der Waals surface area contributed by atoms with Gasteiger partial charge in [-0.2, -0.15) is 0 Å². The van der Waals surface area contributed by atoms with Gasteiger partial charge in [-0.05, 0) is 68.7 Å². The number of benzene rings is 1. The van der Waals surface area contributed by atoms with Gasteiger partial charge in [0.2, 0.25) is 0 Å². The van der Waals surface area contributed by atoms with Crippen molar-refractivity contribution in [2.75, 3.05) is 6.54 Å². The first-order valence-electron chi connectivity index (χ1n) is 20.6. The molecule has 2 atom stereocenters. The average Bonchev–Trinajstić information content (AvgIpc) is 3.06. The van der Waals surface area contributed by atoms with Crippen LogP contribution in [0.15, 0.2) is 24.3 Å². The van der Waals surface area contributed by atoms with Crippen molar-refractivity contribution < 1.29 is 38.2 Å². The van der Waals surface area contributed by atoms with Crippen LogP contribution >= 0.6 is 0 Å². The van der Waals surface area contributed by atoms with Gasteiger partial charge in [-0.1, -0.05) is 0 Å². The van der Waals surface area contributed by atoms with E-state index in [4.69, 9.17) is 14.2 Å². The summed E-state index contributed by atoms with van der Waals surface area (Å²) in [4.78, 5) is 64.8. The first-order chi connectivity index (χ1) is 25.5. The van der Waals surface area contributed by atoms with Gasteiger partial charge in [0, 0.05) is 6.42 Å². The van der Waals surface area contributed by atoms with Crippen LogP contribution in [0.3, 0.4) is 0 Å². The van der Waals surface area contributed by atoms with E-state index in [9.17, 15) is 24.0 Å². The van der Waals surface area contributed by atoms with Crippen LogP contribution in [0.1, 0.15) is 153 Å². The number of hydrogen-bond acceptors (Lipinski definition) is 8. The van der Waals surface area contributed by atoms with E-state index < -0.39 is 71.2 Å². The Labute approximate surface area is 336 Å². The zero-order chi connectivity index (χ0) is 41.9. The fraction of sp³-hybridized carbons (Fsp3) is 0.744. The Balaban J connectivity index is 2.96. The minimum absolute atomic E-state index is 0.0275. The fourth-order valence-corrected chi connectivity index (χ4v) is 22.3. The van der Waals surface area contributed by atoms with Crippen LogP contribution in [-0.4, -0.2) is 83.7 Å². The molecule has 0 fully saturated rings. The molecular formula is C43H75N3O8Sn. The Morgan fingerprint density at radius 1 is 0.618 bits per heavy atom. The van der Waals surface area contributed by atoms with E-state index >= 15 is 0 Å². The summed E-state index contributed by atoms with van der Waals surface area (Å²) >= 11 is -2.51. The molecule has 0 aliphatic carbocycles. The van der Waals surface area contributed by atoms with Crippen LogP contribution < -0.4 is 19.5 Å². The van der Waals surface area contributed by atoms with Crippen LogP contribution in [0.25, 0.3) is 0 Å². The fourth-order valence-electron chi connectivity index (χ4n) is 6.35.